The Morgan fingerprint density at radius 3 is 2.85 bits per heavy atom. The van der Waals surface area contributed by atoms with Crippen molar-refractivity contribution in [1.82, 2.24) is 4.98 Å². The van der Waals surface area contributed by atoms with Gasteiger partial charge in [-0.15, -0.1) is 0 Å². The molecular formula is C26H30FN3O3S. The second kappa shape index (κ2) is 8.57. The lowest BCUT2D eigenvalue weighted by molar-refractivity contribution is -0.115. The minimum absolute atomic E-state index is 0.0331. The molecule has 2 aromatic rings. The number of rotatable bonds is 5. The van der Waals surface area contributed by atoms with E-state index in [1.807, 2.05) is 12.1 Å². The number of pyridine rings is 1. The number of hydrogen-bond acceptors (Lipinski definition) is 4. The minimum atomic E-state index is -3.66. The summed E-state index contributed by atoms with van der Waals surface area (Å²) in [6.45, 7) is 2.34. The van der Waals surface area contributed by atoms with Crippen molar-refractivity contribution in [2.75, 3.05) is 11.1 Å². The van der Waals surface area contributed by atoms with Crippen molar-refractivity contribution in [2.24, 2.45) is 22.4 Å². The van der Waals surface area contributed by atoms with Crippen molar-refractivity contribution in [1.29, 1.82) is 0 Å². The number of fused-ring (bicyclic) bond motifs is 5. The number of carbonyl (C=O) groups is 1. The van der Waals surface area contributed by atoms with Crippen LogP contribution in [0.25, 0.3) is 5.57 Å². The fourth-order valence-electron chi connectivity index (χ4n) is 6.69. The standard InChI is InChI=1S/C26H30FN3O3S/c1-26-10-8-21-20-5-3-19(30-25(31)9-11-34(28,32)33)13-16(20)2-4-22(21)24(26)7-6-23(26)17-12-18(27)15-29-14-17/h3,5-6,12-15,21-22,24H,2,4,7-11H2,1H3,(H,30,31)(H2,28,32,33)/t21?,22-,24+,26-/m1/s1. The molecule has 0 spiro atoms. The van der Waals surface area contributed by atoms with Gasteiger partial charge < -0.3 is 5.32 Å². The summed E-state index contributed by atoms with van der Waals surface area (Å²) in [6, 6.07) is 7.68. The average Bonchev–Trinajstić information content (AvgIpc) is 3.14. The number of nitrogens with one attached hydrogen (secondary N) is 1. The molecule has 4 atom stereocenters. The number of primary sulfonamides is 1. The zero-order chi connectivity index (χ0) is 24.1. The van der Waals surface area contributed by atoms with E-state index < -0.39 is 10.0 Å². The molecular weight excluding hydrogens is 453 g/mol. The number of carbonyl (C=O) groups excluding carboxylic acids is 1. The van der Waals surface area contributed by atoms with E-state index in [1.165, 1.54) is 22.9 Å². The van der Waals surface area contributed by atoms with Gasteiger partial charge in [0, 0.05) is 18.3 Å². The van der Waals surface area contributed by atoms with Gasteiger partial charge in [0.2, 0.25) is 15.9 Å². The first-order chi connectivity index (χ1) is 16.1. The highest BCUT2D eigenvalue weighted by atomic mass is 32.2. The molecule has 34 heavy (non-hydrogen) atoms. The second-order valence-corrected chi connectivity index (χ2v) is 11.9. The van der Waals surface area contributed by atoms with Gasteiger partial charge in [-0.05, 0) is 95.7 Å². The van der Waals surface area contributed by atoms with Crippen LogP contribution in [0.2, 0.25) is 0 Å². The third-order valence-corrected chi connectivity index (χ3v) is 8.99. The van der Waals surface area contributed by atoms with Gasteiger partial charge in [-0.1, -0.05) is 19.1 Å². The lowest BCUT2D eigenvalue weighted by atomic mass is 9.54. The summed E-state index contributed by atoms with van der Waals surface area (Å²) in [7, 11) is -3.66. The molecule has 0 saturated heterocycles. The molecule has 1 unspecified atom stereocenters. The van der Waals surface area contributed by atoms with E-state index in [9.17, 15) is 17.6 Å². The minimum Gasteiger partial charge on any atom is -0.326 e. The Kier molecular flexibility index (Phi) is 5.84. The van der Waals surface area contributed by atoms with E-state index in [0.717, 1.165) is 37.7 Å². The number of halogens is 1. The molecule has 0 aliphatic heterocycles. The predicted molar refractivity (Wildman–Crippen MR) is 130 cm³/mol. The van der Waals surface area contributed by atoms with Gasteiger partial charge in [0.15, 0.2) is 0 Å². The van der Waals surface area contributed by atoms with Crippen LogP contribution in [0, 0.1) is 23.1 Å². The highest BCUT2D eigenvalue weighted by Gasteiger charge is 2.51. The summed E-state index contributed by atoms with van der Waals surface area (Å²) in [6.07, 6.45) is 10.4. The normalized spacial score (nSPS) is 27.9. The molecule has 6 nitrogen and oxygen atoms in total. The zero-order valence-corrected chi connectivity index (χ0v) is 20.1. The zero-order valence-electron chi connectivity index (χ0n) is 19.3. The van der Waals surface area contributed by atoms with Crippen LogP contribution in [0.5, 0.6) is 0 Å². The number of sulfonamides is 1. The maximum absolute atomic E-state index is 13.9. The van der Waals surface area contributed by atoms with Gasteiger partial charge >= 0.3 is 0 Å². The van der Waals surface area contributed by atoms with Crippen LogP contribution >= 0.6 is 0 Å². The number of amides is 1. The van der Waals surface area contributed by atoms with E-state index in [2.05, 4.69) is 29.4 Å². The summed E-state index contributed by atoms with van der Waals surface area (Å²) < 4.78 is 36.1. The molecule has 3 aliphatic rings. The first-order valence-electron chi connectivity index (χ1n) is 11.9. The van der Waals surface area contributed by atoms with E-state index in [4.69, 9.17) is 5.14 Å². The number of allylic oxidation sites excluding steroid dienone is 2. The number of nitrogens with two attached hydrogens (primary N) is 1. The fraction of sp³-hybridized carbons (Fsp3) is 0.462. The van der Waals surface area contributed by atoms with Gasteiger partial charge in [0.05, 0.1) is 11.9 Å². The third-order valence-electron chi connectivity index (χ3n) is 8.22. The van der Waals surface area contributed by atoms with Crippen molar-refractivity contribution >= 4 is 27.2 Å². The van der Waals surface area contributed by atoms with Crippen LogP contribution in [0.15, 0.2) is 42.7 Å². The molecule has 0 bridgehead atoms. The van der Waals surface area contributed by atoms with Crippen LogP contribution in [0.4, 0.5) is 10.1 Å². The maximum Gasteiger partial charge on any atom is 0.225 e. The highest BCUT2D eigenvalue weighted by Crippen LogP contribution is 2.63. The smallest absolute Gasteiger partial charge is 0.225 e. The van der Waals surface area contributed by atoms with Crippen molar-refractivity contribution in [2.45, 2.75) is 51.4 Å². The number of nitrogens with zero attached hydrogens (tertiary/aromatic N) is 1. The lowest BCUT2D eigenvalue weighted by Crippen LogP contribution is -2.40. The molecule has 0 radical (unpaired) electrons. The monoisotopic (exact) mass is 483 g/mol. The van der Waals surface area contributed by atoms with Crippen molar-refractivity contribution in [3.05, 3.63) is 65.2 Å². The molecule has 5 rings (SSSR count). The van der Waals surface area contributed by atoms with E-state index >= 15 is 0 Å². The van der Waals surface area contributed by atoms with E-state index in [-0.39, 0.29) is 29.3 Å². The van der Waals surface area contributed by atoms with Gasteiger partial charge in [-0.2, -0.15) is 0 Å². The van der Waals surface area contributed by atoms with Crippen LogP contribution in [-0.4, -0.2) is 25.1 Å². The molecule has 180 valence electrons. The Bertz CT molecular complexity index is 1280. The predicted octanol–water partition coefficient (Wildman–Crippen LogP) is 4.39. The Labute approximate surface area is 199 Å². The number of aryl methyl sites for hydroxylation is 1. The Morgan fingerprint density at radius 2 is 2.09 bits per heavy atom. The Morgan fingerprint density at radius 1 is 1.26 bits per heavy atom. The number of hydrogen-bond donors (Lipinski definition) is 2. The molecule has 3 aliphatic carbocycles. The fourth-order valence-corrected chi connectivity index (χ4v) is 7.16. The molecule has 1 fully saturated rings. The van der Waals surface area contributed by atoms with Gasteiger partial charge in [-0.25, -0.2) is 17.9 Å². The molecule has 1 saturated carbocycles. The Balaban J connectivity index is 1.32. The SMILES string of the molecule is C[C@]12CCC3c4ccc(NC(=O)CCS(N)(=O)=O)cc4CC[C@H]3[C@@H]1CC=C2c1cncc(F)c1. The lowest BCUT2D eigenvalue weighted by Gasteiger charge is -2.50. The van der Waals surface area contributed by atoms with Gasteiger partial charge in [0.25, 0.3) is 0 Å². The van der Waals surface area contributed by atoms with Crippen LogP contribution in [0.1, 0.15) is 61.6 Å². The number of benzene rings is 1. The summed E-state index contributed by atoms with van der Waals surface area (Å²) >= 11 is 0. The van der Waals surface area contributed by atoms with Crippen LogP contribution < -0.4 is 10.5 Å². The first kappa shape index (κ1) is 23.2. The number of aromatic nitrogens is 1. The van der Waals surface area contributed by atoms with E-state index in [1.54, 1.807) is 12.3 Å². The van der Waals surface area contributed by atoms with Crippen molar-refractivity contribution in [3.63, 3.8) is 0 Å². The van der Waals surface area contributed by atoms with Crippen molar-refractivity contribution in [3.8, 4) is 0 Å². The van der Waals surface area contributed by atoms with Crippen LogP contribution in [-0.2, 0) is 21.2 Å². The molecule has 8 heteroatoms. The first-order valence-corrected chi connectivity index (χ1v) is 13.6. The topological polar surface area (TPSA) is 102 Å². The molecule has 3 N–H and O–H groups in total. The van der Waals surface area contributed by atoms with E-state index in [0.29, 0.717) is 23.4 Å². The average molecular weight is 484 g/mol. The molecule has 1 heterocycles. The van der Waals surface area contributed by atoms with Crippen LogP contribution in [0.3, 0.4) is 0 Å². The molecule has 1 aromatic carbocycles. The summed E-state index contributed by atoms with van der Waals surface area (Å²) in [5.74, 6) is 0.556. The van der Waals surface area contributed by atoms with Crippen molar-refractivity contribution < 1.29 is 17.6 Å². The van der Waals surface area contributed by atoms with Gasteiger partial charge in [0.1, 0.15) is 5.82 Å². The second-order valence-electron chi connectivity index (χ2n) is 10.2. The highest BCUT2D eigenvalue weighted by molar-refractivity contribution is 7.89. The number of anilines is 1. The molecule has 1 aromatic heterocycles. The summed E-state index contributed by atoms with van der Waals surface area (Å²) in [5.41, 5.74) is 5.50. The maximum atomic E-state index is 13.9. The largest absolute Gasteiger partial charge is 0.326 e. The summed E-state index contributed by atoms with van der Waals surface area (Å²) in [4.78, 5) is 16.2. The molecule has 1 amide bonds. The Hall–Kier alpha value is -2.58. The third kappa shape index (κ3) is 4.29. The summed E-state index contributed by atoms with van der Waals surface area (Å²) in [5, 5.41) is 7.80. The quantitative estimate of drug-likeness (QED) is 0.659. The van der Waals surface area contributed by atoms with Gasteiger partial charge in [-0.3, -0.25) is 9.78 Å².